The molecular weight excluding hydrogens is 376 g/mol. The van der Waals surface area contributed by atoms with E-state index in [0.717, 1.165) is 12.8 Å². The number of hydrogen-bond donors (Lipinski definition) is 0. The van der Waals surface area contributed by atoms with Crippen LogP contribution in [0.25, 0.3) is 44.0 Å². The Morgan fingerprint density at radius 1 is 0.839 bits per heavy atom. The lowest BCUT2D eigenvalue weighted by Gasteiger charge is -2.31. The van der Waals surface area contributed by atoms with E-state index in [1.165, 1.54) is 49.5 Å². The quantitative estimate of drug-likeness (QED) is 0.277. The topological polar surface area (TPSA) is 8.81 Å². The molecule has 1 atom stereocenters. The van der Waals surface area contributed by atoms with E-state index in [9.17, 15) is 0 Å². The molecule has 1 aliphatic rings. The highest BCUT2D eigenvalue weighted by molar-refractivity contribution is 6.10. The van der Waals surface area contributed by atoms with Crippen molar-refractivity contribution in [3.05, 3.63) is 78.4 Å². The van der Waals surface area contributed by atoms with Gasteiger partial charge >= 0.3 is 0 Å². The van der Waals surface area contributed by atoms with Crippen LogP contribution in [0.15, 0.2) is 72.8 Å². The molecule has 6 rings (SSSR count). The van der Waals surface area contributed by atoms with E-state index in [0.29, 0.717) is 6.04 Å². The Kier molecular flexibility index (Phi) is 3.87. The Morgan fingerprint density at radius 3 is 2.39 bits per heavy atom. The van der Waals surface area contributed by atoms with E-state index < -0.39 is 0 Å². The second-order valence-electron chi connectivity index (χ2n) is 9.34. The zero-order valence-electron chi connectivity index (χ0n) is 18.8. The van der Waals surface area contributed by atoms with Gasteiger partial charge in [-0.15, -0.1) is 0 Å². The first-order valence-electron chi connectivity index (χ1n) is 11.6. The van der Waals surface area contributed by atoms with Gasteiger partial charge in [0.1, 0.15) is 0 Å². The van der Waals surface area contributed by atoms with Crippen molar-refractivity contribution in [1.29, 1.82) is 0 Å². The summed E-state index contributed by atoms with van der Waals surface area (Å²) < 4.78 is 5.14. The van der Waals surface area contributed by atoms with Gasteiger partial charge < -0.3 is 4.57 Å². The molecule has 5 aromatic rings. The molecule has 2 aromatic heterocycles. The highest BCUT2D eigenvalue weighted by atomic mass is 15.1. The molecule has 0 aliphatic carbocycles. The van der Waals surface area contributed by atoms with Crippen LogP contribution >= 0.6 is 0 Å². The summed E-state index contributed by atoms with van der Waals surface area (Å²) in [5.74, 6) is 0. The molecule has 0 radical (unpaired) electrons. The zero-order valence-corrected chi connectivity index (χ0v) is 18.8. The maximum atomic E-state index is 2.62. The Bertz CT molecular complexity index is 1480. The zero-order chi connectivity index (χ0) is 21.3. The van der Waals surface area contributed by atoms with Crippen LogP contribution < -0.4 is 4.57 Å². The van der Waals surface area contributed by atoms with Gasteiger partial charge in [-0.2, -0.15) is 4.57 Å². The summed E-state index contributed by atoms with van der Waals surface area (Å²) in [6, 6.07) is 27.5. The van der Waals surface area contributed by atoms with E-state index in [1.807, 2.05) is 0 Å². The minimum atomic E-state index is 0.0964. The predicted octanol–water partition coefficient (Wildman–Crippen LogP) is 7.36. The van der Waals surface area contributed by atoms with Crippen molar-refractivity contribution in [2.45, 2.75) is 52.1 Å². The Labute approximate surface area is 183 Å². The van der Waals surface area contributed by atoms with E-state index in [2.05, 4.69) is 110 Å². The monoisotopic (exact) mass is 405 g/mol. The van der Waals surface area contributed by atoms with Crippen LogP contribution in [0.2, 0.25) is 0 Å². The molecule has 2 nitrogen and oxygen atoms in total. The molecule has 0 spiro atoms. The van der Waals surface area contributed by atoms with E-state index in [4.69, 9.17) is 0 Å². The summed E-state index contributed by atoms with van der Waals surface area (Å²) in [6.45, 7) is 9.38. The van der Waals surface area contributed by atoms with Gasteiger partial charge in [0.2, 0.25) is 11.2 Å². The standard InChI is InChI=1S/C29H29N2/c1-5-29(4,6-2)31-27-14-10-8-12-21(27)23-17-22-19(3)30-25-13-9-7-11-20(25)15-16-26(30)24(22)18-28(23)31/h7-19H,5-6H2,1-4H3/q+1. The van der Waals surface area contributed by atoms with Crippen molar-refractivity contribution in [3.63, 3.8) is 0 Å². The molecule has 1 unspecified atom stereocenters. The van der Waals surface area contributed by atoms with Gasteiger partial charge in [0.25, 0.3) is 0 Å². The van der Waals surface area contributed by atoms with E-state index in [1.54, 1.807) is 0 Å². The third kappa shape index (κ3) is 2.36. The van der Waals surface area contributed by atoms with Crippen LogP contribution in [-0.2, 0) is 5.54 Å². The third-order valence-electron chi connectivity index (χ3n) is 7.90. The van der Waals surface area contributed by atoms with Gasteiger partial charge in [-0.3, -0.25) is 0 Å². The summed E-state index contributed by atoms with van der Waals surface area (Å²) in [5, 5.41) is 4.05. The van der Waals surface area contributed by atoms with E-state index >= 15 is 0 Å². The molecule has 2 heteroatoms. The SMILES string of the molecule is CCC(C)(CC)n1c2ccccc2c2cc3c(cc21)-c1ccc2ccccc2[n+]1C3C. The van der Waals surface area contributed by atoms with Crippen molar-refractivity contribution in [1.82, 2.24) is 4.57 Å². The minimum Gasteiger partial charge on any atom is -0.335 e. The van der Waals surface area contributed by atoms with Crippen molar-refractivity contribution >= 4 is 32.7 Å². The first-order valence-corrected chi connectivity index (χ1v) is 11.6. The molecule has 0 amide bonds. The molecule has 0 saturated heterocycles. The lowest BCUT2D eigenvalue weighted by atomic mass is 9.94. The van der Waals surface area contributed by atoms with Crippen molar-refractivity contribution in [2.24, 2.45) is 0 Å². The first-order chi connectivity index (χ1) is 15.1. The summed E-state index contributed by atoms with van der Waals surface area (Å²) in [7, 11) is 0. The molecule has 31 heavy (non-hydrogen) atoms. The molecular formula is C29H29N2+. The van der Waals surface area contributed by atoms with Crippen molar-refractivity contribution < 1.29 is 4.57 Å². The average molecular weight is 406 g/mol. The molecule has 0 bridgehead atoms. The fraction of sp³-hybridized carbons (Fsp3) is 0.276. The molecule has 3 aromatic carbocycles. The van der Waals surface area contributed by atoms with Gasteiger partial charge in [-0.05, 0) is 50.1 Å². The van der Waals surface area contributed by atoms with Crippen LogP contribution in [0, 0.1) is 0 Å². The summed E-state index contributed by atoms with van der Waals surface area (Å²) in [5.41, 5.74) is 8.26. The molecule has 0 N–H and O–H groups in total. The first kappa shape index (κ1) is 18.6. The van der Waals surface area contributed by atoms with Crippen LogP contribution in [0.3, 0.4) is 0 Å². The highest BCUT2D eigenvalue weighted by Gasteiger charge is 2.37. The largest absolute Gasteiger partial charge is 0.335 e. The number of benzene rings is 3. The van der Waals surface area contributed by atoms with Crippen LogP contribution in [-0.4, -0.2) is 4.57 Å². The maximum Gasteiger partial charge on any atom is 0.214 e. The number of aromatic nitrogens is 2. The van der Waals surface area contributed by atoms with Crippen molar-refractivity contribution in [2.75, 3.05) is 0 Å². The summed E-state index contributed by atoms with van der Waals surface area (Å²) in [4.78, 5) is 0. The average Bonchev–Trinajstić information content (AvgIpc) is 3.30. The second kappa shape index (κ2) is 6.43. The highest BCUT2D eigenvalue weighted by Crippen LogP contribution is 2.43. The predicted molar refractivity (Wildman–Crippen MR) is 131 cm³/mol. The molecule has 154 valence electrons. The number of para-hydroxylation sites is 2. The fourth-order valence-electron chi connectivity index (χ4n) is 5.75. The number of nitrogens with zero attached hydrogens (tertiary/aromatic N) is 2. The minimum absolute atomic E-state index is 0.0964. The number of fused-ring (bicyclic) bond motifs is 8. The van der Waals surface area contributed by atoms with Gasteiger partial charge in [0, 0.05) is 51.8 Å². The van der Waals surface area contributed by atoms with Gasteiger partial charge in [0.15, 0.2) is 6.04 Å². The maximum absolute atomic E-state index is 2.62. The Balaban J connectivity index is 1.74. The van der Waals surface area contributed by atoms with Crippen molar-refractivity contribution in [3.8, 4) is 11.3 Å². The molecule has 0 fully saturated rings. The smallest absolute Gasteiger partial charge is 0.214 e. The molecule has 1 aliphatic heterocycles. The number of rotatable bonds is 3. The molecule has 3 heterocycles. The normalized spacial score (nSPS) is 15.7. The summed E-state index contributed by atoms with van der Waals surface area (Å²) in [6.07, 6.45) is 2.22. The van der Waals surface area contributed by atoms with Gasteiger partial charge in [-0.1, -0.05) is 44.2 Å². The van der Waals surface area contributed by atoms with Gasteiger partial charge in [0.05, 0.1) is 11.1 Å². The van der Waals surface area contributed by atoms with Crippen LogP contribution in [0.4, 0.5) is 0 Å². The number of pyridine rings is 1. The Morgan fingerprint density at radius 2 is 1.58 bits per heavy atom. The van der Waals surface area contributed by atoms with Crippen LogP contribution in [0.1, 0.15) is 52.1 Å². The summed E-state index contributed by atoms with van der Waals surface area (Å²) >= 11 is 0. The lowest BCUT2D eigenvalue weighted by molar-refractivity contribution is -0.668. The van der Waals surface area contributed by atoms with Crippen LogP contribution in [0.5, 0.6) is 0 Å². The second-order valence-corrected chi connectivity index (χ2v) is 9.34. The fourth-order valence-corrected chi connectivity index (χ4v) is 5.75. The van der Waals surface area contributed by atoms with Gasteiger partial charge in [-0.25, -0.2) is 0 Å². The lowest BCUT2D eigenvalue weighted by Crippen LogP contribution is -2.37. The Hall–Kier alpha value is -3.13. The molecule has 0 saturated carbocycles. The third-order valence-corrected chi connectivity index (χ3v) is 7.90. The van der Waals surface area contributed by atoms with E-state index in [-0.39, 0.29) is 5.54 Å². The number of hydrogen-bond acceptors (Lipinski definition) is 0.